The SMILES string of the molecule is CCCCCN(CC1(N)CC(OCC)C1(C)C)C(C)C. The smallest absolute Gasteiger partial charge is 0.0662 e. The Bertz CT molecular complexity index is 291. The van der Waals surface area contributed by atoms with E-state index >= 15 is 0 Å². The van der Waals surface area contributed by atoms with E-state index in [4.69, 9.17) is 10.5 Å². The lowest BCUT2D eigenvalue weighted by Crippen LogP contribution is -2.74. The highest BCUT2D eigenvalue weighted by Crippen LogP contribution is 2.50. The van der Waals surface area contributed by atoms with Crippen LogP contribution in [0.25, 0.3) is 0 Å². The highest BCUT2D eigenvalue weighted by molar-refractivity contribution is 5.14. The van der Waals surface area contributed by atoms with Crippen LogP contribution < -0.4 is 5.73 Å². The van der Waals surface area contributed by atoms with Crippen molar-refractivity contribution in [1.82, 2.24) is 4.90 Å². The predicted octanol–water partition coefficient (Wildman–Crippen LogP) is 3.42. The first-order valence-electron chi connectivity index (χ1n) is 8.43. The summed E-state index contributed by atoms with van der Waals surface area (Å²) in [6.07, 6.45) is 5.18. The van der Waals surface area contributed by atoms with Crippen LogP contribution in [0.15, 0.2) is 0 Å². The van der Waals surface area contributed by atoms with Crippen molar-refractivity contribution in [3.8, 4) is 0 Å². The van der Waals surface area contributed by atoms with Crippen LogP contribution in [-0.2, 0) is 4.74 Å². The molecule has 1 aliphatic carbocycles. The zero-order valence-corrected chi connectivity index (χ0v) is 14.5. The first kappa shape index (κ1) is 17.9. The van der Waals surface area contributed by atoms with Gasteiger partial charge in [-0.15, -0.1) is 0 Å². The molecule has 0 spiro atoms. The maximum absolute atomic E-state index is 6.72. The maximum Gasteiger partial charge on any atom is 0.0662 e. The molecule has 120 valence electrons. The highest BCUT2D eigenvalue weighted by Gasteiger charge is 2.58. The first-order chi connectivity index (χ1) is 9.28. The van der Waals surface area contributed by atoms with Crippen molar-refractivity contribution in [2.45, 2.75) is 84.9 Å². The fourth-order valence-electron chi connectivity index (χ4n) is 3.22. The molecule has 0 saturated heterocycles. The van der Waals surface area contributed by atoms with Gasteiger partial charge in [-0.3, -0.25) is 4.90 Å². The Labute approximate surface area is 126 Å². The van der Waals surface area contributed by atoms with Crippen LogP contribution >= 0.6 is 0 Å². The zero-order valence-electron chi connectivity index (χ0n) is 14.5. The Morgan fingerprint density at radius 1 is 1.25 bits per heavy atom. The lowest BCUT2D eigenvalue weighted by Gasteiger charge is -2.60. The second kappa shape index (κ2) is 7.24. The van der Waals surface area contributed by atoms with Crippen molar-refractivity contribution in [2.75, 3.05) is 19.7 Å². The van der Waals surface area contributed by atoms with E-state index in [1.807, 2.05) is 0 Å². The van der Waals surface area contributed by atoms with Crippen molar-refractivity contribution in [1.29, 1.82) is 0 Å². The van der Waals surface area contributed by atoms with Crippen molar-refractivity contribution >= 4 is 0 Å². The summed E-state index contributed by atoms with van der Waals surface area (Å²) >= 11 is 0. The molecule has 1 fully saturated rings. The van der Waals surface area contributed by atoms with Gasteiger partial charge in [-0.2, -0.15) is 0 Å². The second-order valence-electron chi connectivity index (χ2n) is 7.30. The maximum atomic E-state index is 6.72. The van der Waals surface area contributed by atoms with Crippen LogP contribution in [0.5, 0.6) is 0 Å². The third-order valence-electron chi connectivity index (χ3n) is 5.27. The number of rotatable bonds is 9. The monoisotopic (exact) mass is 284 g/mol. The molecule has 3 heteroatoms. The molecule has 0 heterocycles. The Morgan fingerprint density at radius 2 is 1.90 bits per heavy atom. The number of nitrogens with zero attached hydrogens (tertiary/aromatic N) is 1. The van der Waals surface area contributed by atoms with Crippen molar-refractivity contribution in [3.63, 3.8) is 0 Å². The minimum absolute atomic E-state index is 0.0703. The summed E-state index contributed by atoms with van der Waals surface area (Å²) in [7, 11) is 0. The molecule has 0 aromatic carbocycles. The quantitative estimate of drug-likeness (QED) is 0.659. The molecule has 0 radical (unpaired) electrons. The minimum atomic E-state index is -0.108. The molecule has 1 rings (SSSR count). The number of nitrogens with two attached hydrogens (primary N) is 1. The van der Waals surface area contributed by atoms with Gasteiger partial charge < -0.3 is 10.5 Å². The van der Waals surface area contributed by atoms with Gasteiger partial charge in [0.25, 0.3) is 0 Å². The summed E-state index contributed by atoms with van der Waals surface area (Å²) < 4.78 is 5.83. The molecule has 2 N–H and O–H groups in total. The Morgan fingerprint density at radius 3 is 2.35 bits per heavy atom. The van der Waals surface area contributed by atoms with Crippen molar-refractivity contribution in [3.05, 3.63) is 0 Å². The third-order valence-corrected chi connectivity index (χ3v) is 5.27. The topological polar surface area (TPSA) is 38.5 Å². The van der Waals surface area contributed by atoms with E-state index in [0.717, 1.165) is 19.6 Å². The summed E-state index contributed by atoms with van der Waals surface area (Å²) in [5, 5.41) is 0. The van der Waals surface area contributed by atoms with Gasteiger partial charge in [0, 0.05) is 30.1 Å². The molecular weight excluding hydrogens is 248 g/mol. The normalized spacial score (nSPS) is 28.9. The van der Waals surface area contributed by atoms with Crippen LogP contribution in [0, 0.1) is 5.41 Å². The van der Waals surface area contributed by atoms with Gasteiger partial charge in [-0.05, 0) is 40.2 Å². The summed E-state index contributed by atoms with van der Waals surface area (Å²) in [4.78, 5) is 2.56. The summed E-state index contributed by atoms with van der Waals surface area (Å²) in [5.41, 5.74) is 6.69. The average molecular weight is 284 g/mol. The second-order valence-corrected chi connectivity index (χ2v) is 7.30. The van der Waals surface area contributed by atoms with E-state index in [1.165, 1.54) is 25.8 Å². The fourth-order valence-corrected chi connectivity index (χ4v) is 3.22. The molecule has 2 atom stereocenters. The molecule has 3 nitrogen and oxygen atoms in total. The van der Waals surface area contributed by atoms with Crippen LogP contribution in [0.4, 0.5) is 0 Å². The Balaban J connectivity index is 2.59. The van der Waals surface area contributed by atoms with Gasteiger partial charge in [0.05, 0.1) is 6.10 Å². The molecule has 20 heavy (non-hydrogen) atoms. The molecule has 0 aromatic rings. The van der Waals surface area contributed by atoms with E-state index in [-0.39, 0.29) is 11.0 Å². The van der Waals surface area contributed by atoms with Gasteiger partial charge >= 0.3 is 0 Å². The predicted molar refractivity (Wildman–Crippen MR) is 87.0 cm³/mol. The molecule has 0 bridgehead atoms. The summed E-state index contributed by atoms with van der Waals surface area (Å²) in [5.74, 6) is 0. The van der Waals surface area contributed by atoms with Gasteiger partial charge in [0.2, 0.25) is 0 Å². The highest BCUT2D eigenvalue weighted by atomic mass is 16.5. The lowest BCUT2D eigenvalue weighted by molar-refractivity contribution is -0.158. The average Bonchev–Trinajstić information content (AvgIpc) is 2.37. The van der Waals surface area contributed by atoms with E-state index in [1.54, 1.807) is 0 Å². The molecule has 2 unspecified atom stereocenters. The lowest BCUT2D eigenvalue weighted by atomic mass is 9.54. The zero-order chi connectivity index (χ0) is 15.4. The van der Waals surface area contributed by atoms with E-state index in [0.29, 0.717) is 12.1 Å². The fraction of sp³-hybridized carbons (Fsp3) is 1.00. The summed E-state index contributed by atoms with van der Waals surface area (Å²) in [6.45, 7) is 16.4. The molecule has 0 aromatic heterocycles. The van der Waals surface area contributed by atoms with Crippen molar-refractivity contribution in [2.24, 2.45) is 11.1 Å². The van der Waals surface area contributed by atoms with Gasteiger partial charge in [-0.25, -0.2) is 0 Å². The molecule has 0 aliphatic heterocycles. The largest absolute Gasteiger partial charge is 0.378 e. The molecule has 1 saturated carbocycles. The van der Waals surface area contributed by atoms with E-state index in [9.17, 15) is 0 Å². The minimum Gasteiger partial charge on any atom is -0.378 e. The van der Waals surface area contributed by atoms with E-state index in [2.05, 4.69) is 46.4 Å². The summed E-state index contributed by atoms with van der Waals surface area (Å²) in [6, 6.07) is 0.564. The van der Waals surface area contributed by atoms with Crippen LogP contribution in [-0.4, -0.2) is 42.3 Å². The molecule has 1 aliphatic rings. The molecular formula is C17H36N2O. The van der Waals surface area contributed by atoms with Crippen LogP contribution in [0.3, 0.4) is 0 Å². The standard InChI is InChI=1S/C17H36N2O/c1-7-9-10-11-19(14(3)4)13-17(18)12-15(20-8-2)16(17,5)6/h14-15H,7-13,18H2,1-6H3. The van der Waals surface area contributed by atoms with Gasteiger partial charge in [0.1, 0.15) is 0 Å². The van der Waals surface area contributed by atoms with Crippen LogP contribution in [0.2, 0.25) is 0 Å². The number of hydrogen-bond acceptors (Lipinski definition) is 3. The van der Waals surface area contributed by atoms with Gasteiger partial charge in [-0.1, -0.05) is 33.6 Å². The number of ether oxygens (including phenoxy) is 1. The number of unbranched alkanes of at least 4 members (excludes halogenated alkanes) is 2. The van der Waals surface area contributed by atoms with Crippen molar-refractivity contribution < 1.29 is 4.74 Å². The van der Waals surface area contributed by atoms with E-state index < -0.39 is 0 Å². The Hall–Kier alpha value is -0.120. The molecule has 0 amide bonds. The third kappa shape index (κ3) is 3.75. The number of hydrogen-bond donors (Lipinski definition) is 1. The first-order valence-corrected chi connectivity index (χ1v) is 8.43. The van der Waals surface area contributed by atoms with Gasteiger partial charge in [0.15, 0.2) is 0 Å². The Kier molecular flexibility index (Phi) is 6.49. The van der Waals surface area contributed by atoms with Crippen LogP contribution in [0.1, 0.15) is 67.2 Å².